The van der Waals surface area contributed by atoms with Gasteiger partial charge in [0.2, 0.25) is 0 Å². The Balaban J connectivity index is 2.22. The van der Waals surface area contributed by atoms with Crippen molar-refractivity contribution in [2.24, 2.45) is 10.7 Å². The Hall–Kier alpha value is -1.59. The van der Waals surface area contributed by atoms with Crippen LogP contribution in [-0.2, 0) is 9.31 Å². The second kappa shape index (κ2) is 5.90. The fourth-order valence-corrected chi connectivity index (χ4v) is 2.28. The van der Waals surface area contributed by atoms with Gasteiger partial charge in [0, 0.05) is 12.7 Å². The quantitative estimate of drug-likeness (QED) is 0.688. The van der Waals surface area contributed by atoms with E-state index in [2.05, 4.69) is 32.7 Å². The Bertz CT molecular complexity index is 584. The minimum absolute atomic E-state index is 0.328. The van der Waals surface area contributed by atoms with Crippen LogP contribution in [-0.4, -0.2) is 31.1 Å². The van der Waals surface area contributed by atoms with E-state index in [0.717, 1.165) is 22.4 Å². The molecule has 0 saturated carbocycles. The summed E-state index contributed by atoms with van der Waals surface area (Å²) >= 11 is 0. The number of aliphatic imine (C=N–C) groups is 1. The molecule has 0 bridgehead atoms. The van der Waals surface area contributed by atoms with Gasteiger partial charge in [-0.05, 0) is 51.7 Å². The predicted molar refractivity (Wildman–Crippen MR) is 92.6 cm³/mol. The van der Waals surface area contributed by atoms with Gasteiger partial charge in [-0.1, -0.05) is 24.3 Å². The molecule has 1 aromatic rings. The Morgan fingerprint density at radius 1 is 1.09 bits per heavy atom. The van der Waals surface area contributed by atoms with E-state index >= 15 is 0 Å². The third-order valence-electron chi connectivity index (χ3n) is 4.34. The van der Waals surface area contributed by atoms with Crippen LogP contribution >= 0.6 is 0 Å². The second-order valence-electron chi connectivity index (χ2n) is 6.71. The standard InChI is InChI=1S/C17H25BN2O2/c1-12(19)11-15(20-6)13-7-9-14(10-8-13)18-21-16(2,3)17(4,5)22-18/h7-11H,19H2,1-6H3/b12-11-,20-15?. The molecular formula is C17H25BN2O2. The van der Waals surface area contributed by atoms with E-state index in [-0.39, 0.29) is 18.3 Å². The number of hydrogen-bond donors (Lipinski definition) is 1. The summed E-state index contributed by atoms with van der Waals surface area (Å²) in [6.07, 6.45) is 1.86. The molecule has 0 atom stereocenters. The molecule has 1 saturated heterocycles. The van der Waals surface area contributed by atoms with E-state index in [4.69, 9.17) is 15.0 Å². The van der Waals surface area contributed by atoms with Crippen LogP contribution < -0.4 is 11.2 Å². The van der Waals surface area contributed by atoms with Crippen LogP contribution in [0.1, 0.15) is 40.2 Å². The molecule has 0 aliphatic carbocycles. The largest absolute Gasteiger partial charge is 0.494 e. The second-order valence-corrected chi connectivity index (χ2v) is 6.71. The summed E-state index contributed by atoms with van der Waals surface area (Å²) in [7, 11) is 1.42. The molecule has 22 heavy (non-hydrogen) atoms. The zero-order valence-corrected chi connectivity index (χ0v) is 14.3. The first-order valence-electron chi connectivity index (χ1n) is 7.53. The number of rotatable bonds is 3. The van der Waals surface area contributed by atoms with E-state index in [1.807, 2.05) is 37.3 Å². The van der Waals surface area contributed by atoms with Crippen molar-refractivity contribution in [2.45, 2.75) is 45.8 Å². The van der Waals surface area contributed by atoms with Crippen molar-refractivity contribution < 1.29 is 9.31 Å². The first kappa shape index (κ1) is 16.8. The van der Waals surface area contributed by atoms with Gasteiger partial charge >= 0.3 is 7.12 Å². The third kappa shape index (κ3) is 3.26. The summed E-state index contributed by atoms with van der Waals surface area (Å²) in [6.45, 7) is 10.1. The molecule has 2 N–H and O–H groups in total. The SMILES string of the molecule is CN=C(/C=C(/C)N)c1ccc(B2OC(C)(C)C(C)(C)O2)cc1. The van der Waals surface area contributed by atoms with Crippen molar-refractivity contribution >= 4 is 18.3 Å². The topological polar surface area (TPSA) is 56.8 Å². The van der Waals surface area contributed by atoms with Gasteiger partial charge < -0.3 is 15.0 Å². The fourth-order valence-electron chi connectivity index (χ4n) is 2.28. The van der Waals surface area contributed by atoms with Gasteiger partial charge in [-0.15, -0.1) is 0 Å². The van der Waals surface area contributed by atoms with Gasteiger partial charge in [0.25, 0.3) is 0 Å². The molecule has 118 valence electrons. The van der Waals surface area contributed by atoms with E-state index < -0.39 is 0 Å². The van der Waals surface area contributed by atoms with Crippen LogP contribution in [0.3, 0.4) is 0 Å². The zero-order valence-electron chi connectivity index (χ0n) is 14.3. The summed E-state index contributed by atoms with van der Waals surface area (Å²) in [5.74, 6) is 0. The lowest BCUT2D eigenvalue weighted by atomic mass is 9.78. The molecule has 2 rings (SSSR count). The van der Waals surface area contributed by atoms with Gasteiger partial charge in [0.15, 0.2) is 0 Å². The van der Waals surface area contributed by atoms with Crippen molar-refractivity contribution in [1.82, 2.24) is 0 Å². The van der Waals surface area contributed by atoms with Gasteiger partial charge in [-0.3, -0.25) is 4.99 Å². The minimum atomic E-state index is -0.340. The number of nitrogens with two attached hydrogens (primary N) is 1. The molecule has 5 heteroatoms. The molecule has 0 unspecified atom stereocenters. The monoisotopic (exact) mass is 300 g/mol. The molecule has 0 spiro atoms. The number of benzene rings is 1. The van der Waals surface area contributed by atoms with Gasteiger partial charge in [-0.25, -0.2) is 0 Å². The normalized spacial score (nSPS) is 21.3. The van der Waals surface area contributed by atoms with Crippen LogP contribution in [0.25, 0.3) is 0 Å². The summed E-state index contributed by atoms with van der Waals surface area (Å²) in [4.78, 5) is 4.27. The fraction of sp³-hybridized carbons (Fsp3) is 0.471. The van der Waals surface area contributed by atoms with Crippen molar-refractivity contribution in [2.75, 3.05) is 7.05 Å². The highest BCUT2D eigenvalue weighted by Crippen LogP contribution is 2.36. The van der Waals surface area contributed by atoms with E-state index in [1.54, 1.807) is 7.05 Å². The molecule has 0 amide bonds. The minimum Gasteiger partial charge on any atom is -0.402 e. The number of allylic oxidation sites excluding steroid dienone is 2. The van der Waals surface area contributed by atoms with Crippen LogP contribution in [0.4, 0.5) is 0 Å². The Morgan fingerprint density at radius 2 is 1.59 bits per heavy atom. The van der Waals surface area contributed by atoms with Gasteiger partial charge in [0.1, 0.15) is 0 Å². The molecule has 1 heterocycles. The lowest BCUT2D eigenvalue weighted by molar-refractivity contribution is 0.00578. The lowest BCUT2D eigenvalue weighted by Crippen LogP contribution is -2.41. The van der Waals surface area contributed by atoms with E-state index in [0.29, 0.717) is 0 Å². The predicted octanol–water partition coefficient (Wildman–Crippen LogP) is 2.27. The summed E-state index contributed by atoms with van der Waals surface area (Å²) in [6, 6.07) is 8.06. The van der Waals surface area contributed by atoms with Crippen LogP contribution in [0.5, 0.6) is 0 Å². The number of nitrogens with zero attached hydrogens (tertiary/aromatic N) is 1. The number of hydrogen-bond acceptors (Lipinski definition) is 4. The summed E-state index contributed by atoms with van der Waals surface area (Å²) < 4.78 is 12.1. The van der Waals surface area contributed by atoms with Crippen LogP contribution in [0.15, 0.2) is 41.0 Å². The maximum Gasteiger partial charge on any atom is 0.494 e. The molecule has 1 aliphatic heterocycles. The van der Waals surface area contributed by atoms with E-state index in [9.17, 15) is 0 Å². The Kier molecular flexibility index (Phi) is 4.50. The highest BCUT2D eigenvalue weighted by atomic mass is 16.7. The molecule has 1 aromatic carbocycles. The first-order chi connectivity index (χ1) is 10.2. The summed E-state index contributed by atoms with van der Waals surface area (Å²) in [5.41, 5.74) is 8.70. The molecule has 1 aliphatic rings. The Labute approximate surface area is 133 Å². The molecule has 1 fully saturated rings. The third-order valence-corrected chi connectivity index (χ3v) is 4.34. The first-order valence-corrected chi connectivity index (χ1v) is 7.53. The van der Waals surface area contributed by atoms with Gasteiger partial charge in [-0.2, -0.15) is 0 Å². The average molecular weight is 300 g/mol. The van der Waals surface area contributed by atoms with Gasteiger partial charge in [0.05, 0.1) is 16.9 Å². The zero-order chi connectivity index (χ0) is 16.5. The van der Waals surface area contributed by atoms with Crippen LogP contribution in [0, 0.1) is 0 Å². The van der Waals surface area contributed by atoms with Crippen molar-refractivity contribution in [3.05, 3.63) is 41.6 Å². The molecular weight excluding hydrogens is 275 g/mol. The lowest BCUT2D eigenvalue weighted by Gasteiger charge is -2.32. The highest BCUT2D eigenvalue weighted by molar-refractivity contribution is 6.62. The maximum atomic E-state index is 6.06. The Morgan fingerprint density at radius 3 is 2.00 bits per heavy atom. The van der Waals surface area contributed by atoms with Crippen molar-refractivity contribution in [1.29, 1.82) is 0 Å². The van der Waals surface area contributed by atoms with Crippen LogP contribution in [0.2, 0.25) is 0 Å². The molecule has 0 aromatic heterocycles. The smallest absolute Gasteiger partial charge is 0.402 e. The summed E-state index contributed by atoms with van der Waals surface area (Å²) in [5, 5.41) is 0. The maximum absolute atomic E-state index is 6.06. The molecule has 0 radical (unpaired) electrons. The van der Waals surface area contributed by atoms with Crippen molar-refractivity contribution in [3.8, 4) is 0 Å². The van der Waals surface area contributed by atoms with Crippen molar-refractivity contribution in [3.63, 3.8) is 0 Å². The average Bonchev–Trinajstić information content (AvgIpc) is 2.65. The highest BCUT2D eigenvalue weighted by Gasteiger charge is 2.51. The molecule has 4 nitrogen and oxygen atoms in total. The van der Waals surface area contributed by atoms with E-state index in [1.165, 1.54) is 0 Å².